The highest BCUT2D eigenvalue weighted by Gasteiger charge is 2.22. The number of ether oxygens (including phenoxy) is 2. The third-order valence-corrected chi connectivity index (χ3v) is 8.55. The van der Waals surface area contributed by atoms with Gasteiger partial charge in [0.2, 0.25) is 0 Å². The van der Waals surface area contributed by atoms with Gasteiger partial charge in [-0.1, -0.05) is 23.2 Å². The summed E-state index contributed by atoms with van der Waals surface area (Å²) in [5, 5.41) is 8.53. The van der Waals surface area contributed by atoms with Gasteiger partial charge >= 0.3 is 0 Å². The highest BCUT2D eigenvalue weighted by atomic mass is 35.5. The average molecular weight is 760 g/mol. The van der Waals surface area contributed by atoms with Crippen LogP contribution in [0.25, 0.3) is 33.9 Å². The van der Waals surface area contributed by atoms with Crippen LogP contribution in [0.5, 0.6) is 11.5 Å². The second-order valence-corrected chi connectivity index (χ2v) is 12.2. The zero-order chi connectivity index (χ0) is 37.7. The summed E-state index contributed by atoms with van der Waals surface area (Å²) in [6.45, 7) is 2.14. The van der Waals surface area contributed by atoms with Crippen LogP contribution in [0.15, 0.2) is 94.9 Å². The lowest BCUT2D eigenvalue weighted by Gasteiger charge is -2.18. The summed E-state index contributed by atoms with van der Waals surface area (Å²) >= 11 is 12.3. The minimum atomic E-state index is -2.75. The van der Waals surface area contributed by atoms with E-state index in [0.29, 0.717) is 50.4 Å². The second kappa shape index (κ2) is 16.3. The molecule has 0 atom stereocenters. The van der Waals surface area contributed by atoms with Crippen molar-refractivity contribution in [2.75, 3.05) is 14.2 Å². The van der Waals surface area contributed by atoms with E-state index in [9.17, 15) is 27.2 Å². The van der Waals surface area contributed by atoms with Crippen molar-refractivity contribution in [2.45, 2.75) is 39.8 Å². The molecule has 16 heteroatoms. The maximum absolute atomic E-state index is 13.2. The van der Waals surface area contributed by atoms with Crippen LogP contribution in [0, 0.1) is 13.8 Å². The third kappa shape index (κ3) is 8.24. The molecule has 0 spiro atoms. The van der Waals surface area contributed by atoms with Gasteiger partial charge in [-0.25, -0.2) is 26.9 Å². The fourth-order valence-electron chi connectivity index (χ4n) is 5.40. The largest absolute Gasteiger partial charge is 0.497 e. The van der Waals surface area contributed by atoms with Crippen molar-refractivity contribution in [3.05, 3.63) is 127 Å². The van der Waals surface area contributed by atoms with Gasteiger partial charge in [0, 0.05) is 29.0 Å². The minimum absolute atomic E-state index is 0.202. The van der Waals surface area contributed by atoms with Crippen LogP contribution >= 0.6 is 23.2 Å². The predicted octanol–water partition coefficient (Wildman–Crippen LogP) is 7.87. The van der Waals surface area contributed by atoms with Crippen LogP contribution < -0.4 is 20.6 Å². The van der Waals surface area contributed by atoms with Gasteiger partial charge in [-0.15, -0.1) is 0 Å². The van der Waals surface area contributed by atoms with E-state index in [4.69, 9.17) is 32.7 Å². The molecule has 0 aliphatic carbocycles. The Morgan fingerprint density at radius 3 is 1.71 bits per heavy atom. The highest BCUT2D eigenvalue weighted by Crippen LogP contribution is 2.32. The molecular weight excluding hydrogens is 727 g/mol. The molecule has 0 fully saturated rings. The van der Waals surface area contributed by atoms with E-state index in [-0.39, 0.29) is 10.7 Å². The third-order valence-electron chi connectivity index (χ3n) is 7.82. The molecule has 0 N–H and O–H groups in total. The molecule has 0 aliphatic rings. The predicted molar refractivity (Wildman–Crippen MR) is 191 cm³/mol. The number of nitrogens with zero attached hydrogens (tertiary/aromatic N) is 6. The van der Waals surface area contributed by atoms with Crippen molar-refractivity contribution in [2.24, 2.45) is 0 Å². The summed E-state index contributed by atoms with van der Waals surface area (Å²) in [7, 11) is 3.06. The number of halogens is 6. The van der Waals surface area contributed by atoms with Crippen LogP contribution in [0.2, 0.25) is 10.2 Å². The van der Waals surface area contributed by atoms with Crippen LogP contribution in [0.1, 0.15) is 11.1 Å². The van der Waals surface area contributed by atoms with Crippen molar-refractivity contribution < 1.29 is 27.0 Å². The maximum atomic E-state index is 13.2. The SMILES string of the molecule is COc1ccc(-c2c(-n3cc(C)cn3)ccc(=O)n2CC(F)F)cc1.COc1ccc(-c2c(-n3ncc(C)c3Cl)cc(Cl)c(=O)n2CC(F)F)cc1. The Balaban J connectivity index is 0.000000202. The quantitative estimate of drug-likeness (QED) is 0.132. The van der Waals surface area contributed by atoms with Gasteiger partial charge in [0.1, 0.15) is 21.7 Å². The molecule has 4 heterocycles. The molecule has 6 aromatic rings. The Morgan fingerprint density at radius 1 is 0.712 bits per heavy atom. The summed E-state index contributed by atoms with van der Waals surface area (Å²) in [6, 6.07) is 17.8. The molecule has 0 aliphatic heterocycles. The van der Waals surface area contributed by atoms with Gasteiger partial charge in [0.05, 0.1) is 62.5 Å². The Kier molecular flexibility index (Phi) is 11.9. The number of aryl methyl sites for hydroxylation is 2. The second-order valence-electron chi connectivity index (χ2n) is 11.4. The Morgan fingerprint density at radius 2 is 1.25 bits per heavy atom. The lowest BCUT2D eigenvalue weighted by molar-refractivity contribution is 0.125. The number of alkyl halides is 4. The van der Waals surface area contributed by atoms with Gasteiger partial charge in [0.25, 0.3) is 24.0 Å². The number of hydrogen-bond acceptors (Lipinski definition) is 6. The lowest BCUT2D eigenvalue weighted by Crippen LogP contribution is -2.27. The molecule has 2 aromatic carbocycles. The molecule has 0 radical (unpaired) electrons. The molecule has 0 amide bonds. The molecule has 0 bridgehead atoms. The number of hydrogen-bond donors (Lipinski definition) is 0. The topological polar surface area (TPSA) is 98.1 Å². The van der Waals surface area contributed by atoms with Gasteiger partial charge in [0.15, 0.2) is 0 Å². The number of rotatable bonds is 10. The van der Waals surface area contributed by atoms with E-state index in [1.807, 2.05) is 6.92 Å². The molecule has 4 aromatic heterocycles. The van der Waals surface area contributed by atoms with Gasteiger partial charge in [-0.05, 0) is 80.1 Å². The van der Waals surface area contributed by atoms with E-state index in [1.165, 1.54) is 30.1 Å². The summed E-state index contributed by atoms with van der Waals surface area (Å²) in [5.74, 6) is 1.23. The van der Waals surface area contributed by atoms with E-state index in [2.05, 4.69) is 10.2 Å². The van der Waals surface area contributed by atoms with Crippen molar-refractivity contribution in [1.29, 1.82) is 0 Å². The normalized spacial score (nSPS) is 11.2. The summed E-state index contributed by atoms with van der Waals surface area (Å²) in [5.41, 5.74) is 3.06. The standard InChI is InChI=1S/C18H15Cl2F2N3O2.C18H17F2N3O2/c1-10-8-23-25(17(10)20)14-7-13(19)18(26)24(9-15(21)22)16(14)11-3-5-12(27-2)6-4-11;1-12-9-21-23(10-12)15-7-8-17(24)22(11-16(19)20)18(15)13-3-5-14(25-2)6-4-13/h3-8,15H,9H2,1-2H3;3-10,16H,11H2,1-2H3. The first-order valence-electron chi connectivity index (χ1n) is 15.6. The van der Waals surface area contributed by atoms with Gasteiger partial charge in [-0.3, -0.25) is 14.2 Å². The number of aromatic nitrogens is 6. The van der Waals surface area contributed by atoms with Gasteiger partial charge < -0.3 is 14.0 Å². The number of methoxy groups -OCH3 is 2. The zero-order valence-electron chi connectivity index (χ0n) is 28.2. The smallest absolute Gasteiger partial charge is 0.270 e. The summed E-state index contributed by atoms with van der Waals surface area (Å²) < 4.78 is 67.7. The lowest BCUT2D eigenvalue weighted by atomic mass is 10.1. The average Bonchev–Trinajstić information content (AvgIpc) is 3.71. The van der Waals surface area contributed by atoms with Crippen molar-refractivity contribution in [3.8, 4) is 45.4 Å². The maximum Gasteiger partial charge on any atom is 0.270 e. The first-order valence-corrected chi connectivity index (χ1v) is 16.3. The van der Waals surface area contributed by atoms with E-state index < -0.39 is 37.1 Å². The van der Waals surface area contributed by atoms with E-state index in [0.717, 1.165) is 14.7 Å². The van der Waals surface area contributed by atoms with Crippen LogP contribution in [-0.4, -0.2) is 55.8 Å². The molecule has 6 rings (SSSR count). The van der Waals surface area contributed by atoms with Gasteiger partial charge in [-0.2, -0.15) is 10.2 Å². The minimum Gasteiger partial charge on any atom is -0.497 e. The molecule has 0 unspecified atom stereocenters. The van der Waals surface area contributed by atoms with Crippen LogP contribution in [0.4, 0.5) is 17.6 Å². The Labute approximate surface area is 305 Å². The molecule has 52 heavy (non-hydrogen) atoms. The molecule has 10 nitrogen and oxygen atoms in total. The number of pyridine rings is 2. The molecule has 0 saturated heterocycles. The molecular formula is C36H32Cl2F4N6O4. The fraction of sp³-hybridized carbons (Fsp3) is 0.222. The van der Waals surface area contributed by atoms with Crippen molar-refractivity contribution in [3.63, 3.8) is 0 Å². The summed E-state index contributed by atoms with van der Waals surface area (Å²) in [4.78, 5) is 24.7. The zero-order valence-corrected chi connectivity index (χ0v) is 29.7. The van der Waals surface area contributed by atoms with Crippen LogP contribution in [-0.2, 0) is 13.1 Å². The van der Waals surface area contributed by atoms with Crippen molar-refractivity contribution in [1.82, 2.24) is 28.7 Å². The fourth-order valence-corrected chi connectivity index (χ4v) is 5.79. The van der Waals surface area contributed by atoms with E-state index in [1.54, 1.807) is 85.7 Å². The summed E-state index contributed by atoms with van der Waals surface area (Å²) in [6.07, 6.45) is -0.415. The molecule has 272 valence electrons. The van der Waals surface area contributed by atoms with Crippen LogP contribution in [0.3, 0.4) is 0 Å². The highest BCUT2D eigenvalue weighted by molar-refractivity contribution is 6.31. The first-order chi connectivity index (χ1) is 24.8. The van der Waals surface area contributed by atoms with Crippen molar-refractivity contribution >= 4 is 23.2 Å². The first kappa shape index (κ1) is 37.9. The van der Waals surface area contributed by atoms with E-state index >= 15 is 0 Å². The number of benzene rings is 2. The molecule has 0 saturated carbocycles. The monoisotopic (exact) mass is 758 g/mol. The Bertz CT molecular complexity index is 2280. The Hall–Kier alpha value is -5.34.